The van der Waals surface area contributed by atoms with Crippen LogP contribution in [0.5, 0.6) is 0 Å². The normalized spacial score (nSPS) is 14.5. The maximum Gasteiger partial charge on any atom is 0.240 e. The molecule has 0 unspecified atom stereocenters. The van der Waals surface area contributed by atoms with Crippen molar-refractivity contribution in [1.29, 1.82) is 0 Å². The average molecular weight is 376 g/mol. The van der Waals surface area contributed by atoms with Crippen LogP contribution in [0.25, 0.3) is 0 Å². The summed E-state index contributed by atoms with van der Waals surface area (Å²) in [6.45, 7) is 2.57. The van der Waals surface area contributed by atoms with E-state index in [1.807, 2.05) is 37.3 Å². The van der Waals surface area contributed by atoms with Gasteiger partial charge in [-0.25, -0.2) is 13.2 Å². The van der Waals surface area contributed by atoms with E-state index in [9.17, 15) is 22.8 Å². The second-order valence-corrected chi connectivity index (χ2v) is 6.56. The number of benzene rings is 2. The van der Waals surface area contributed by atoms with E-state index in [0.717, 1.165) is 17.7 Å². The molecule has 0 aliphatic heterocycles. The highest BCUT2D eigenvalue weighted by atomic mass is 19.2. The molecule has 3 rings (SSSR count). The minimum Gasteiger partial charge on any atom is -0.338 e. The number of rotatable bonds is 6. The molecule has 0 saturated heterocycles. The molecule has 0 atom stereocenters. The van der Waals surface area contributed by atoms with E-state index in [-0.39, 0.29) is 5.91 Å². The van der Waals surface area contributed by atoms with Gasteiger partial charge >= 0.3 is 0 Å². The Bertz CT molecular complexity index is 867. The molecule has 4 nitrogen and oxygen atoms in total. The predicted octanol–water partition coefficient (Wildman–Crippen LogP) is 3.87. The zero-order valence-corrected chi connectivity index (χ0v) is 14.8. The van der Waals surface area contributed by atoms with Crippen molar-refractivity contribution in [3.05, 3.63) is 65.5 Å². The zero-order chi connectivity index (χ0) is 19.6. The van der Waals surface area contributed by atoms with Gasteiger partial charge in [-0.05, 0) is 37.5 Å². The van der Waals surface area contributed by atoms with Crippen molar-refractivity contribution < 1.29 is 22.8 Å². The van der Waals surface area contributed by atoms with Crippen molar-refractivity contribution in [1.82, 2.24) is 4.90 Å². The molecule has 1 fully saturated rings. The average Bonchev–Trinajstić information content (AvgIpc) is 3.49. The lowest BCUT2D eigenvalue weighted by molar-refractivity contribution is -0.142. The molecule has 0 aromatic heterocycles. The molecule has 2 amide bonds. The number of carbonyl (C=O) groups is 2. The first-order valence-electron chi connectivity index (χ1n) is 8.67. The van der Waals surface area contributed by atoms with Gasteiger partial charge in [-0.2, -0.15) is 0 Å². The van der Waals surface area contributed by atoms with Crippen molar-refractivity contribution in [3.8, 4) is 0 Å². The molecule has 0 radical (unpaired) electrons. The van der Waals surface area contributed by atoms with Gasteiger partial charge in [0.25, 0.3) is 0 Å². The third kappa shape index (κ3) is 3.67. The summed E-state index contributed by atoms with van der Waals surface area (Å²) < 4.78 is 40.2. The van der Waals surface area contributed by atoms with Crippen molar-refractivity contribution in [2.75, 3.05) is 11.9 Å². The lowest BCUT2D eigenvalue weighted by Crippen LogP contribution is -2.42. The molecule has 1 saturated carbocycles. The second kappa shape index (κ2) is 7.42. The molecule has 1 aliphatic rings. The number of nitrogens with one attached hydrogen (secondary N) is 1. The zero-order valence-electron chi connectivity index (χ0n) is 14.8. The van der Waals surface area contributed by atoms with E-state index in [4.69, 9.17) is 0 Å². The van der Waals surface area contributed by atoms with Gasteiger partial charge in [0.05, 0.1) is 5.69 Å². The van der Waals surface area contributed by atoms with Crippen LogP contribution in [-0.4, -0.2) is 23.3 Å². The van der Waals surface area contributed by atoms with E-state index in [2.05, 4.69) is 5.32 Å². The van der Waals surface area contributed by atoms with Crippen LogP contribution in [0.3, 0.4) is 0 Å². The summed E-state index contributed by atoms with van der Waals surface area (Å²) in [5.41, 5.74) is -0.845. The van der Waals surface area contributed by atoms with Crippen molar-refractivity contribution in [2.45, 2.75) is 26.3 Å². The highest BCUT2D eigenvalue weighted by Crippen LogP contribution is 2.48. The molecule has 2 aromatic rings. The Hall–Kier alpha value is -2.83. The Morgan fingerprint density at radius 1 is 1.04 bits per heavy atom. The molecular weight excluding hydrogens is 357 g/mol. The number of carbonyl (C=O) groups excluding carboxylic acids is 2. The van der Waals surface area contributed by atoms with Gasteiger partial charge in [-0.15, -0.1) is 0 Å². The van der Waals surface area contributed by atoms with Crippen LogP contribution in [0, 0.1) is 22.9 Å². The standard InChI is InChI=1S/C20H19F3N2O2/c1-2-25(12-13-6-4-3-5-7-13)19(27)20(10-11-20)18(26)24-15-9-8-14(21)16(22)17(15)23/h3-9H,2,10-12H2,1H3,(H,24,26). The predicted molar refractivity (Wildman–Crippen MR) is 94.1 cm³/mol. The molecule has 27 heavy (non-hydrogen) atoms. The topological polar surface area (TPSA) is 49.4 Å². The monoisotopic (exact) mass is 376 g/mol. The van der Waals surface area contributed by atoms with Crippen LogP contribution < -0.4 is 5.32 Å². The second-order valence-electron chi connectivity index (χ2n) is 6.56. The van der Waals surface area contributed by atoms with Crippen molar-refractivity contribution >= 4 is 17.5 Å². The third-order valence-electron chi connectivity index (χ3n) is 4.76. The van der Waals surface area contributed by atoms with E-state index in [1.165, 1.54) is 0 Å². The quantitative estimate of drug-likeness (QED) is 0.615. The SMILES string of the molecule is CCN(Cc1ccccc1)C(=O)C1(C(=O)Nc2ccc(F)c(F)c2F)CC1. The maximum absolute atomic E-state index is 13.8. The smallest absolute Gasteiger partial charge is 0.240 e. The molecule has 1 N–H and O–H groups in total. The Kier molecular flexibility index (Phi) is 5.21. The fraction of sp³-hybridized carbons (Fsp3) is 0.300. The molecule has 0 heterocycles. The Morgan fingerprint density at radius 2 is 1.70 bits per heavy atom. The van der Waals surface area contributed by atoms with Crippen LogP contribution in [0.2, 0.25) is 0 Å². The van der Waals surface area contributed by atoms with Gasteiger partial charge in [0.1, 0.15) is 5.41 Å². The summed E-state index contributed by atoms with van der Waals surface area (Å²) in [7, 11) is 0. The van der Waals surface area contributed by atoms with Crippen LogP contribution in [0.15, 0.2) is 42.5 Å². The van der Waals surface area contributed by atoms with Gasteiger partial charge in [0.2, 0.25) is 11.8 Å². The molecule has 1 aliphatic carbocycles. The fourth-order valence-corrected chi connectivity index (χ4v) is 2.96. The summed E-state index contributed by atoms with van der Waals surface area (Å²) in [6, 6.07) is 11.0. The molecule has 0 bridgehead atoms. The molecule has 2 aromatic carbocycles. The van der Waals surface area contributed by atoms with Crippen molar-refractivity contribution in [2.24, 2.45) is 5.41 Å². The minimum absolute atomic E-state index is 0.328. The molecular formula is C20H19F3N2O2. The van der Waals surface area contributed by atoms with E-state index in [0.29, 0.717) is 25.9 Å². The number of halogens is 3. The van der Waals surface area contributed by atoms with Gasteiger partial charge < -0.3 is 10.2 Å². The number of hydrogen-bond acceptors (Lipinski definition) is 2. The number of anilines is 1. The molecule has 142 valence electrons. The largest absolute Gasteiger partial charge is 0.338 e. The Labute approximate surface area is 155 Å². The minimum atomic E-state index is -1.66. The number of amides is 2. The van der Waals surface area contributed by atoms with Crippen molar-refractivity contribution in [3.63, 3.8) is 0 Å². The molecule has 7 heteroatoms. The lowest BCUT2D eigenvalue weighted by Gasteiger charge is -2.26. The Balaban J connectivity index is 1.76. The fourth-order valence-electron chi connectivity index (χ4n) is 2.96. The molecule has 0 spiro atoms. The summed E-state index contributed by atoms with van der Waals surface area (Å²) in [4.78, 5) is 27.1. The number of hydrogen-bond donors (Lipinski definition) is 1. The first-order valence-corrected chi connectivity index (χ1v) is 8.67. The van der Waals surface area contributed by atoms with Gasteiger partial charge in [-0.3, -0.25) is 9.59 Å². The van der Waals surface area contributed by atoms with Gasteiger partial charge in [0, 0.05) is 13.1 Å². The summed E-state index contributed by atoms with van der Waals surface area (Å²) in [5, 5.41) is 2.24. The first kappa shape index (κ1) is 18.9. The summed E-state index contributed by atoms with van der Waals surface area (Å²) in [5.74, 6) is -5.55. The number of nitrogens with zero attached hydrogens (tertiary/aromatic N) is 1. The van der Waals surface area contributed by atoms with Crippen LogP contribution in [-0.2, 0) is 16.1 Å². The highest BCUT2D eigenvalue weighted by Gasteiger charge is 2.58. The van der Waals surface area contributed by atoms with Gasteiger partial charge in [-0.1, -0.05) is 30.3 Å². The van der Waals surface area contributed by atoms with Gasteiger partial charge in [0.15, 0.2) is 17.5 Å². The summed E-state index contributed by atoms with van der Waals surface area (Å²) in [6.07, 6.45) is 0.655. The van der Waals surface area contributed by atoms with E-state index < -0.39 is 34.5 Å². The lowest BCUT2D eigenvalue weighted by atomic mass is 10.0. The summed E-state index contributed by atoms with van der Waals surface area (Å²) >= 11 is 0. The van der Waals surface area contributed by atoms with Crippen LogP contribution in [0.4, 0.5) is 18.9 Å². The van der Waals surface area contributed by atoms with Crippen LogP contribution >= 0.6 is 0 Å². The van der Waals surface area contributed by atoms with Crippen LogP contribution in [0.1, 0.15) is 25.3 Å². The maximum atomic E-state index is 13.8. The van der Waals surface area contributed by atoms with E-state index in [1.54, 1.807) is 4.90 Å². The first-order chi connectivity index (χ1) is 12.9. The highest BCUT2D eigenvalue weighted by molar-refractivity contribution is 6.13. The van der Waals surface area contributed by atoms with E-state index >= 15 is 0 Å². The third-order valence-corrected chi connectivity index (χ3v) is 4.76. The Morgan fingerprint density at radius 3 is 2.30 bits per heavy atom.